The predicted octanol–water partition coefficient (Wildman–Crippen LogP) is 1.69. The number of aliphatic hydroxyl groups excluding tert-OH is 1. The molecule has 1 aliphatic rings. The standard InChI is InChI=1S/C14H16ClFN2O3/c15-10-5-4-9(6-11(10)16)18-14(21)13(20)17-7-8-2-1-3-12(8)19/h4-6,8,12,19H,1-3,7H2,(H,17,20)(H,18,21). The van der Waals surface area contributed by atoms with E-state index >= 15 is 0 Å². The molecule has 1 aromatic rings. The fraction of sp³-hybridized carbons (Fsp3) is 0.429. The zero-order valence-corrected chi connectivity index (χ0v) is 12.0. The van der Waals surface area contributed by atoms with Gasteiger partial charge < -0.3 is 15.7 Å². The Balaban J connectivity index is 1.84. The highest BCUT2D eigenvalue weighted by molar-refractivity contribution is 6.39. The van der Waals surface area contributed by atoms with E-state index in [0.29, 0.717) is 0 Å². The molecule has 1 fully saturated rings. The van der Waals surface area contributed by atoms with E-state index in [0.717, 1.165) is 25.3 Å². The van der Waals surface area contributed by atoms with Gasteiger partial charge in [-0.15, -0.1) is 0 Å². The van der Waals surface area contributed by atoms with Crippen molar-refractivity contribution >= 4 is 29.1 Å². The molecule has 5 nitrogen and oxygen atoms in total. The highest BCUT2D eigenvalue weighted by atomic mass is 35.5. The van der Waals surface area contributed by atoms with Crippen LogP contribution in [0.2, 0.25) is 5.02 Å². The number of benzene rings is 1. The monoisotopic (exact) mass is 314 g/mol. The minimum Gasteiger partial charge on any atom is -0.393 e. The molecule has 2 unspecified atom stereocenters. The number of aliphatic hydroxyl groups is 1. The molecule has 0 aromatic heterocycles. The van der Waals surface area contributed by atoms with Gasteiger partial charge in [0.2, 0.25) is 0 Å². The van der Waals surface area contributed by atoms with Gasteiger partial charge in [-0.3, -0.25) is 9.59 Å². The number of carbonyl (C=O) groups excluding carboxylic acids is 2. The number of anilines is 1. The second-order valence-electron chi connectivity index (χ2n) is 5.05. The zero-order chi connectivity index (χ0) is 15.4. The summed E-state index contributed by atoms with van der Waals surface area (Å²) in [6.07, 6.45) is 2.03. The number of carbonyl (C=O) groups is 2. The molecule has 3 N–H and O–H groups in total. The van der Waals surface area contributed by atoms with Crippen LogP contribution in [0.4, 0.5) is 10.1 Å². The predicted molar refractivity (Wildman–Crippen MR) is 76.4 cm³/mol. The Kier molecular flexibility index (Phi) is 5.14. The van der Waals surface area contributed by atoms with Gasteiger partial charge in [-0.1, -0.05) is 18.0 Å². The van der Waals surface area contributed by atoms with Crippen LogP contribution in [0.15, 0.2) is 18.2 Å². The maximum Gasteiger partial charge on any atom is 0.313 e. The molecule has 2 rings (SSSR count). The summed E-state index contributed by atoms with van der Waals surface area (Å²) in [6, 6.07) is 3.73. The third-order valence-electron chi connectivity index (χ3n) is 3.53. The molecular weight excluding hydrogens is 299 g/mol. The number of hydrogen-bond donors (Lipinski definition) is 3. The summed E-state index contributed by atoms with van der Waals surface area (Å²) in [5, 5.41) is 14.3. The van der Waals surface area contributed by atoms with Crippen LogP contribution < -0.4 is 10.6 Å². The van der Waals surface area contributed by atoms with Crippen molar-refractivity contribution in [1.82, 2.24) is 5.32 Å². The smallest absolute Gasteiger partial charge is 0.313 e. The van der Waals surface area contributed by atoms with E-state index in [9.17, 15) is 19.1 Å². The lowest BCUT2D eigenvalue weighted by Gasteiger charge is -2.14. The lowest BCUT2D eigenvalue weighted by atomic mass is 10.1. The topological polar surface area (TPSA) is 78.4 Å². The van der Waals surface area contributed by atoms with Crippen LogP contribution in [0.5, 0.6) is 0 Å². The molecule has 0 heterocycles. The molecule has 0 aliphatic heterocycles. The van der Waals surface area contributed by atoms with Crippen molar-refractivity contribution in [2.24, 2.45) is 5.92 Å². The van der Waals surface area contributed by atoms with Crippen LogP contribution in [0.25, 0.3) is 0 Å². The SMILES string of the molecule is O=C(NCC1CCCC1O)C(=O)Nc1ccc(Cl)c(F)c1. The Bertz CT molecular complexity index is 553. The van der Waals surface area contributed by atoms with Crippen LogP contribution in [-0.2, 0) is 9.59 Å². The maximum absolute atomic E-state index is 13.2. The van der Waals surface area contributed by atoms with E-state index in [-0.39, 0.29) is 23.2 Å². The van der Waals surface area contributed by atoms with E-state index in [4.69, 9.17) is 11.6 Å². The van der Waals surface area contributed by atoms with E-state index in [2.05, 4.69) is 10.6 Å². The van der Waals surface area contributed by atoms with Crippen LogP contribution in [0.3, 0.4) is 0 Å². The molecule has 1 aromatic carbocycles. The molecule has 0 saturated heterocycles. The summed E-state index contributed by atoms with van der Waals surface area (Å²) in [5.41, 5.74) is 0.151. The fourth-order valence-corrected chi connectivity index (χ4v) is 2.44. The minimum absolute atomic E-state index is 0.0188. The first kappa shape index (κ1) is 15.7. The van der Waals surface area contributed by atoms with Gasteiger partial charge in [0, 0.05) is 18.2 Å². The van der Waals surface area contributed by atoms with Gasteiger partial charge >= 0.3 is 11.8 Å². The van der Waals surface area contributed by atoms with Gasteiger partial charge in [0.05, 0.1) is 11.1 Å². The zero-order valence-electron chi connectivity index (χ0n) is 11.2. The highest BCUT2D eigenvalue weighted by Crippen LogP contribution is 2.24. The van der Waals surface area contributed by atoms with Crippen molar-refractivity contribution in [3.05, 3.63) is 29.0 Å². The van der Waals surface area contributed by atoms with Gasteiger partial charge in [0.15, 0.2) is 0 Å². The van der Waals surface area contributed by atoms with E-state index in [1.165, 1.54) is 12.1 Å². The summed E-state index contributed by atoms with van der Waals surface area (Å²) in [5.74, 6) is -2.40. The summed E-state index contributed by atoms with van der Waals surface area (Å²) in [7, 11) is 0. The fourth-order valence-electron chi connectivity index (χ4n) is 2.32. The third kappa shape index (κ3) is 4.15. The Morgan fingerprint density at radius 3 is 2.71 bits per heavy atom. The first-order valence-electron chi connectivity index (χ1n) is 6.69. The molecule has 21 heavy (non-hydrogen) atoms. The molecule has 0 radical (unpaired) electrons. The molecule has 0 spiro atoms. The summed E-state index contributed by atoms with van der Waals surface area (Å²) in [6.45, 7) is 0.252. The van der Waals surface area contributed by atoms with Crippen LogP contribution in [0, 0.1) is 11.7 Å². The lowest BCUT2D eigenvalue weighted by molar-refractivity contribution is -0.136. The van der Waals surface area contributed by atoms with E-state index < -0.39 is 23.7 Å². The Morgan fingerprint density at radius 2 is 2.10 bits per heavy atom. The van der Waals surface area contributed by atoms with Gasteiger partial charge in [0.25, 0.3) is 0 Å². The maximum atomic E-state index is 13.2. The average Bonchev–Trinajstić information content (AvgIpc) is 2.85. The lowest BCUT2D eigenvalue weighted by Crippen LogP contribution is -2.39. The van der Waals surface area contributed by atoms with Crippen molar-refractivity contribution in [2.45, 2.75) is 25.4 Å². The molecule has 1 saturated carbocycles. The average molecular weight is 315 g/mol. The Morgan fingerprint density at radius 1 is 1.33 bits per heavy atom. The number of hydrogen-bond acceptors (Lipinski definition) is 3. The highest BCUT2D eigenvalue weighted by Gasteiger charge is 2.26. The minimum atomic E-state index is -0.885. The molecular formula is C14H16ClFN2O3. The summed E-state index contributed by atoms with van der Waals surface area (Å²) < 4.78 is 13.2. The van der Waals surface area contributed by atoms with Crippen molar-refractivity contribution in [1.29, 1.82) is 0 Å². The quantitative estimate of drug-likeness (QED) is 0.743. The molecule has 7 heteroatoms. The van der Waals surface area contributed by atoms with Crippen LogP contribution >= 0.6 is 11.6 Å². The molecule has 114 valence electrons. The molecule has 2 atom stereocenters. The summed E-state index contributed by atoms with van der Waals surface area (Å²) >= 11 is 5.53. The van der Waals surface area contributed by atoms with E-state index in [1.807, 2.05) is 0 Å². The Hall–Kier alpha value is -1.66. The van der Waals surface area contributed by atoms with Crippen molar-refractivity contribution in [2.75, 3.05) is 11.9 Å². The number of nitrogens with one attached hydrogen (secondary N) is 2. The summed E-state index contributed by atoms with van der Waals surface area (Å²) in [4.78, 5) is 23.3. The van der Waals surface area contributed by atoms with Gasteiger partial charge in [0.1, 0.15) is 5.82 Å². The van der Waals surface area contributed by atoms with Gasteiger partial charge in [-0.2, -0.15) is 0 Å². The number of amides is 2. The molecule has 1 aliphatic carbocycles. The second kappa shape index (κ2) is 6.87. The number of rotatable bonds is 3. The normalized spacial score (nSPS) is 21.1. The Labute approximate surface area is 126 Å². The van der Waals surface area contributed by atoms with Gasteiger partial charge in [-0.05, 0) is 31.0 Å². The second-order valence-corrected chi connectivity index (χ2v) is 5.46. The third-order valence-corrected chi connectivity index (χ3v) is 3.83. The first-order valence-corrected chi connectivity index (χ1v) is 7.07. The van der Waals surface area contributed by atoms with Crippen LogP contribution in [0.1, 0.15) is 19.3 Å². The van der Waals surface area contributed by atoms with Gasteiger partial charge in [-0.25, -0.2) is 4.39 Å². The molecule has 0 bridgehead atoms. The first-order chi connectivity index (χ1) is 9.97. The van der Waals surface area contributed by atoms with Crippen molar-refractivity contribution in [3.8, 4) is 0 Å². The van der Waals surface area contributed by atoms with Crippen LogP contribution in [-0.4, -0.2) is 29.6 Å². The largest absolute Gasteiger partial charge is 0.393 e. The van der Waals surface area contributed by atoms with Crippen molar-refractivity contribution in [3.63, 3.8) is 0 Å². The van der Waals surface area contributed by atoms with Crippen molar-refractivity contribution < 1.29 is 19.1 Å². The number of halogens is 2. The molecule has 2 amide bonds. The van der Waals surface area contributed by atoms with E-state index in [1.54, 1.807) is 0 Å².